The average Bonchev–Trinajstić information content (AvgIpc) is 3.23. The zero-order valence-electron chi connectivity index (χ0n) is 10.4. The third-order valence-electron chi connectivity index (χ3n) is 3.40. The van der Waals surface area contributed by atoms with Crippen LogP contribution in [0.4, 0.5) is 12.9 Å². The van der Waals surface area contributed by atoms with Crippen LogP contribution in [-0.4, -0.2) is 27.5 Å². The minimum Gasteiger partial charge on any atom is -0.445 e. The van der Waals surface area contributed by atoms with E-state index < -0.39 is 12.4 Å². The van der Waals surface area contributed by atoms with Crippen LogP contribution < -0.4 is 0 Å². The number of hydrogen-bond donors (Lipinski definition) is 0. The Morgan fingerprint density at radius 3 is 2.47 bits per heavy atom. The maximum atomic E-state index is 12.5. The van der Waals surface area contributed by atoms with E-state index in [0.29, 0.717) is 17.1 Å². The van der Waals surface area contributed by atoms with Gasteiger partial charge in [0.2, 0.25) is 0 Å². The molecule has 0 amide bonds. The van der Waals surface area contributed by atoms with E-state index in [1.165, 1.54) is 0 Å². The number of aromatic nitrogens is 3. The summed E-state index contributed by atoms with van der Waals surface area (Å²) in [5.74, 6) is 1.28. The summed E-state index contributed by atoms with van der Waals surface area (Å²) in [7, 11) is 0. The lowest BCUT2D eigenvalue weighted by atomic mass is 9.82. The molecular formula is C11H14BF3N3S-. The van der Waals surface area contributed by atoms with E-state index in [1.54, 1.807) is 0 Å². The molecule has 2 saturated carbocycles. The Bertz CT molecular complexity index is 506. The van der Waals surface area contributed by atoms with Crippen molar-refractivity contribution in [2.45, 2.75) is 42.8 Å². The van der Waals surface area contributed by atoms with Gasteiger partial charge in [-0.1, -0.05) is 11.8 Å². The number of thioether (sulfide) groups is 1. The predicted octanol–water partition coefficient (Wildman–Crippen LogP) is 3.53. The molecule has 1 heterocycles. The van der Waals surface area contributed by atoms with Crippen LogP contribution in [0.2, 0.25) is 0 Å². The van der Waals surface area contributed by atoms with Gasteiger partial charge in [0.1, 0.15) is 5.82 Å². The van der Waals surface area contributed by atoms with Gasteiger partial charge in [0, 0.05) is 12.0 Å². The molecule has 8 heteroatoms. The molecule has 104 valence electrons. The summed E-state index contributed by atoms with van der Waals surface area (Å²) in [5, 5.41) is 8.85. The van der Waals surface area contributed by atoms with Gasteiger partial charge in [-0.25, -0.2) is 0 Å². The maximum absolute atomic E-state index is 12.5. The molecule has 3 rings (SSSR count). The molecule has 0 bridgehead atoms. The maximum Gasteiger partial charge on any atom is 0.505 e. The highest BCUT2D eigenvalue weighted by Crippen LogP contribution is 2.46. The first-order valence-electron chi connectivity index (χ1n) is 6.42. The van der Waals surface area contributed by atoms with Crippen molar-refractivity contribution in [2.75, 3.05) is 5.75 Å². The van der Waals surface area contributed by atoms with Gasteiger partial charge in [-0.05, 0) is 31.4 Å². The molecule has 0 aliphatic heterocycles. The molecule has 1 aromatic heterocycles. The smallest absolute Gasteiger partial charge is 0.445 e. The number of rotatable bonds is 6. The van der Waals surface area contributed by atoms with Gasteiger partial charge in [-0.15, -0.1) is 22.2 Å². The summed E-state index contributed by atoms with van der Waals surface area (Å²) >= 11 is 1.10. The van der Waals surface area contributed by atoms with Crippen molar-refractivity contribution in [1.29, 1.82) is 0 Å². The van der Waals surface area contributed by atoms with Crippen LogP contribution in [0, 0.1) is 0 Å². The molecule has 0 unspecified atom stereocenters. The highest BCUT2D eigenvalue weighted by Gasteiger charge is 2.36. The molecular weight excluding hydrogens is 274 g/mol. The lowest BCUT2D eigenvalue weighted by molar-refractivity contribution is 0.491. The number of hydrogen-bond acceptors (Lipinski definition) is 3. The van der Waals surface area contributed by atoms with Crippen LogP contribution in [0.3, 0.4) is 0 Å². The molecule has 0 radical (unpaired) electrons. The fourth-order valence-corrected chi connectivity index (χ4v) is 2.92. The normalized spacial score (nSPS) is 19.7. The first-order chi connectivity index (χ1) is 8.97. The second-order valence-electron chi connectivity index (χ2n) is 5.24. The fraction of sp³-hybridized carbons (Fsp3) is 0.636. The van der Waals surface area contributed by atoms with Crippen LogP contribution in [0.5, 0.6) is 0 Å². The summed E-state index contributed by atoms with van der Waals surface area (Å²) in [6, 6.07) is 0.401. The van der Waals surface area contributed by atoms with Crippen LogP contribution >= 0.6 is 11.8 Å². The van der Waals surface area contributed by atoms with Crippen LogP contribution in [0.1, 0.15) is 43.5 Å². The molecule has 3 nitrogen and oxygen atoms in total. The molecule has 19 heavy (non-hydrogen) atoms. The van der Waals surface area contributed by atoms with Crippen molar-refractivity contribution in [1.82, 2.24) is 14.8 Å². The van der Waals surface area contributed by atoms with E-state index in [4.69, 9.17) is 0 Å². The zero-order valence-corrected chi connectivity index (χ0v) is 11.2. The minimum absolute atomic E-state index is 0.154. The van der Waals surface area contributed by atoms with Gasteiger partial charge in [-0.2, -0.15) is 0 Å². The molecule has 0 aromatic carbocycles. The van der Waals surface area contributed by atoms with E-state index in [9.17, 15) is 12.9 Å². The fourth-order valence-electron chi connectivity index (χ4n) is 1.93. The van der Waals surface area contributed by atoms with E-state index >= 15 is 0 Å². The van der Waals surface area contributed by atoms with E-state index in [2.05, 4.69) is 21.3 Å². The predicted molar refractivity (Wildman–Crippen MR) is 69.2 cm³/mol. The SMILES string of the molecule is C=C(CSc1nnc(C2CC2)n1C1CC1)[B-](F)(F)F. The van der Waals surface area contributed by atoms with Gasteiger partial charge in [0.05, 0.1) is 0 Å². The van der Waals surface area contributed by atoms with Crippen molar-refractivity contribution in [2.24, 2.45) is 0 Å². The van der Waals surface area contributed by atoms with Crippen molar-refractivity contribution in [3.05, 3.63) is 17.9 Å². The number of nitrogens with zero attached hydrogens (tertiary/aromatic N) is 3. The van der Waals surface area contributed by atoms with Crippen LogP contribution in [-0.2, 0) is 0 Å². The van der Waals surface area contributed by atoms with Crippen molar-refractivity contribution < 1.29 is 12.9 Å². The van der Waals surface area contributed by atoms with Crippen LogP contribution in [0.15, 0.2) is 17.2 Å². The lowest BCUT2D eigenvalue weighted by Crippen LogP contribution is -2.20. The van der Waals surface area contributed by atoms with E-state index in [1.807, 2.05) is 0 Å². The van der Waals surface area contributed by atoms with Crippen LogP contribution in [0.25, 0.3) is 0 Å². The zero-order chi connectivity index (χ0) is 13.6. The summed E-state index contributed by atoms with van der Waals surface area (Å²) in [5.41, 5.74) is -0.664. The summed E-state index contributed by atoms with van der Waals surface area (Å²) in [6.07, 6.45) is 4.40. The molecule has 2 fully saturated rings. The molecule has 0 N–H and O–H groups in total. The summed E-state index contributed by atoms with van der Waals surface area (Å²) in [4.78, 5) is 0. The van der Waals surface area contributed by atoms with Gasteiger partial charge in [0.25, 0.3) is 0 Å². The molecule has 0 atom stereocenters. The Balaban J connectivity index is 1.72. The largest absolute Gasteiger partial charge is 0.505 e. The van der Waals surface area contributed by atoms with E-state index in [0.717, 1.165) is 43.3 Å². The second kappa shape index (κ2) is 4.57. The third-order valence-corrected chi connectivity index (χ3v) is 4.45. The molecule has 1 aromatic rings. The highest BCUT2D eigenvalue weighted by molar-refractivity contribution is 7.99. The third kappa shape index (κ3) is 2.83. The first kappa shape index (κ1) is 13.1. The van der Waals surface area contributed by atoms with E-state index in [-0.39, 0.29) is 5.75 Å². The van der Waals surface area contributed by atoms with Gasteiger partial charge in [-0.3, -0.25) is 0 Å². The monoisotopic (exact) mass is 288 g/mol. The highest BCUT2D eigenvalue weighted by atomic mass is 32.2. The first-order valence-corrected chi connectivity index (χ1v) is 7.40. The summed E-state index contributed by atoms with van der Waals surface area (Å²) in [6.45, 7) is -1.84. The lowest BCUT2D eigenvalue weighted by Gasteiger charge is -2.17. The molecule has 0 spiro atoms. The minimum atomic E-state index is -4.95. The number of halogens is 3. The van der Waals surface area contributed by atoms with Gasteiger partial charge < -0.3 is 17.5 Å². The van der Waals surface area contributed by atoms with Gasteiger partial charge in [0.15, 0.2) is 5.16 Å². The van der Waals surface area contributed by atoms with Crippen molar-refractivity contribution in [3.63, 3.8) is 0 Å². The second-order valence-corrected chi connectivity index (χ2v) is 6.18. The Hall–Kier alpha value is -0.915. The Morgan fingerprint density at radius 2 is 1.95 bits per heavy atom. The average molecular weight is 288 g/mol. The Kier molecular flexibility index (Phi) is 3.15. The Morgan fingerprint density at radius 1 is 1.26 bits per heavy atom. The van der Waals surface area contributed by atoms with Crippen molar-refractivity contribution >= 4 is 18.7 Å². The summed E-state index contributed by atoms with van der Waals surface area (Å²) < 4.78 is 39.5. The standard InChI is InChI=1S/C11H14BF3N3S/c1-7(12(13,14)15)6-19-11-17-16-10(8-2-3-8)18(11)9-4-5-9/h8-9H,1-6H2/q-1. The molecule has 2 aliphatic carbocycles. The Labute approximate surface area is 113 Å². The van der Waals surface area contributed by atoms with Crippen molar-refractivity contribution in [3.8, 4) is 0 Å². The molecule has 0 saturated heterocycles. The quantitative estimate of drug-likeness (QED) is 0.592. The topological polar surface area (TPSA) is 30.7 Å². The molecule has 2 aliphatic rings. The van der Waals surface area contributed by atoms with Gasteiger partial charge >= 0.3 is 6.98 Å².